The molecule has 0 radical (unpaired) electrons. The number of carbonyl (C=O) groups is 1. The summed E-state index contributed by atoms with van der Waals surface area (Å²) in [4.78, 5) is 18.6. The highest BCUT2D eigenvalue weighted by Crippen LogP contribution is 2.26. The maximum atomic E-state index is 11.9. The van der Waals surface area contributed by atoms with Gasteiger partial charge in [0.2, 0.25) is 0 Å². The molecule has 2 N–H and O–H groups in total. The van der Waals surface area contributed by atoms with Crippen LogP contribution in [0.1, 0.15) is 45.4 Å². The molecule has 1 saturated carbocycles. The molecule has 0 bridgehead atoms. The number of hydrogen-bond acceptors (Lipinski definition) is 5. The maximum absolute atomic E-state index is 11.9. The van der Waals surface area contributed by atoms with E-state index in [1.165, 1.54) is 0 Å². The Morgan fingerprint density at radius 3 is 2.42 bits per heavy atom. The van der Waals surface area contributed by atoms with E-state index in [1.54, 1.807) is 0 Å². The molecule has 150 valence electrons. The van der Waals surface area contributed by atoms with Gasteiger partial charge in [0.15, 0.2) is 5.96 Å². The van der Waals surface area contributed by atoms with Crippen molar-refractivity contribution < 1.29 is 14.3 Å². The van der Waals surface area contributed by atoms with E-state index in [1.807, 2.05) is 14.0 Å². The van der Waals surface area contributed by atoms with Crippen LogP contribution >= 0.6 is 0 Å². The third-order valence-electron chi connectivity index (χ3n) is 5.87. The number of hydrogen-bond donors (Lipinski definition) is 2. The number of likely N-dealkylation sites (N-methyl/N-ethyl adjacent to an activating group) is 1. The van der Waals surface area contributed by atoms with Crippen LogP contribution in [0.5, 0.6) is 0 Å². The van der Waals surface area contributed by atoms with E-state index in [0.29, 0.717) is 12.6 Å². The highest BCUT2D eigenvalue weighted by Gasteiger charge is 2.35. The van der Waals surface area contributed by atoms with E-state index in [4.69, 9.17) is 9.47 Å². The molecule has 0 amide bonds. The quantitative estimate of drug-likeness (QED) is 0.419. The third-order valence-corrected chi connectivity index (χ3v) is 5.87. The van der Waals surface area contributed by atoms with E-state index >= 15 is 0 Å². The Hall–Kier alpha value is -1.34. The number of esters is 1. The molecular weight excluding hydrogens is 332 g/mol. The summed E-state index contributed by atoms with van der Waals surface area (Å²) in [5.74, 6) is 0.862. The second-order valence-corrected chi connectivity index (χ2v) is 7.60. The van der Waals surface area contributed by atoms with Crippen LogP contribution in [0.25, 0.3) is 0 Å². The van der Waals surface area contributed by atoms with Gasteiger partial charge >= 0.3 is 5.97 Å². The summed E-state index contributed by atoms with van der Waals surface area (Å²) in [6.45, 7) is 4.79. The normalized spacial score (nSPS) is 26.4. The van der Waals surface area contributed by atoms with E-state index < -0.39 is 0 Å². The van der Waals surface area contributed by atoms with Gasteiger partial charge in [0.1, 0.15) is 0 Å². The third kappa shape index (κ3) is 5.58. The second-order valence-electron chi connectivity index (χ2n) is 7.60. The van der Waals surface area contributed by atoms with Crippen LogP contribution in [0.2, 0.25) is 0 Å². The summed E-state index contributed by atoms with van der Waals surface area (Å²) in [7, 11) is 6.09. The number of guanidine groups is 1. The molecule has 1 saturated heterocycles. The van der Waals surface area contributed by atoms with Gasteiger partial charge in [-0.3, -0.25) is 9.79 Å². The highest BCUT2D eigenvalue weighted by atomic mass is 16.5. The first-order valence-corrected chi connectivity index (χ1v) is 9.89. The Labute approximate surface area is 157 Å². The number of rotatable bonds is 6. The number of ether oxygens (including phenoxy) is 2. The zero-order valence-electron chi connectivity index (χ0n) is 16.8. The van der Waals surface area contributed by atoms with Crippen molar-refractivity contribution in [1.29, 1.82) is 0 Å². The first kappa shape index (κ1) is 21.0. The molecule has 0 atom stereocenters. The summed E-state index contributed by atoms with van der Waals surface area (Å²) < 4.78 is 10.7. The maximum Gasteiger partial charge on any atom is 0.308 e. The zero-order chi connectivity index (χ0) is 19.0. The molecule has 0 aromatic carbocycles. The SMILES string of the molecule is CCOC(=O)C1CCC(NC(=NC)NCC2(N(C)C)CCOCC2)CC1. The Morgan fingerprint density at radius 1 is 1.23 bits per heavy atom. The average molecular weight is 369 g/mol. The molecular formula is C19H36N4O3. The van der Waals surface area contributed by atoms with Gasteiger partial charge in [0, 0.05) is 38.4 Å². The lowest BCUT2D eigenvalue weighted by molar-refractivity contribution is -0.149. The van der Waals surface area contributed by atoms with Crippen LogP contribution in [0.15, 0.2) is 4.99 Å². The van der Waals surface area contributed by atoms with Crippen LogP contribution in [-0.4, -0.2) is 75.9 Å². The fourth-order valence-corrected chi connectivity index (χ4v) is 3.90. The lowest BCUT2D eigenvalue weighted by Crippen LogP contribution is -2.57. The van der Waals surface area contributed by atoms with Gasteiger partial charge in [0.05, 0.1) is 12.5 Å². The van der Waals surface area contributed by atoms with Crippen molar-refractivity contribution in [1.82, 2.24) is 15.5 Å². The fraction of sp³-hybridized carbons (Fsp3) is 0.895. The molecule has 7 heteroatoms. The molecule has 26 heavy (non-hydrogen) atoms. The topological polar surface area (TPSA) is 75.2 Å². The van der Waals surface area contributed by atoms with Crippen LogP contribution in [0.4, 0.5) is 0 Å². The lowest BCUT2D eigenvalue weighted by atomic mass is 9.86. The standard InChI is InChI=1S/C19H36N4O3/c1-5-26-17(24)15-6-8-16(9-7-15)22-18(20-2)21-14-19(23(3)4)10-12-25-13-11-19/h15-16H,5-14H2,1-4H3,(H2,20,21,22). The van der Waals surface area contributed by atoms with Gasteiger partial charge in [-0.15, -0.1) is 0 Å². The molecule has 0 aromatic rings. The molecule has 0 spiro atoms. The average Bonchev–Trinajstić information content (AvgIpc) is 2.66. The number of aliphatic imine (C=N–C) groups is 1. The summed E-state index contributed by atoms with van der Waals surface area (Å²) in [5.41, 5.74) is 0.109. The Balaban J connectivity index is 1.80. The molecule has 0 aromatic heterocycles. The van der Waals surface area contributed by atoms with Crippen LogP contribution in [0.3, 0.4) is 0 Å². The van der Waals surface area contributed by atoms with Gasteiger partial charge in [0.25, 0.3) is 0 Å². The van der Waals surface area contributed by atoms with E-state index in [-0.39, 0.29) is 17.4 Å². The molecule has 7 nitrogen and oxygen atoms in total. The van der Waals surface area contributed by atoms with E-state index in [0.717, 1.165) is 64.2 Å². The predicted molar refractivity (Wildman–Crippen MR) is 103 cm³/mol. The first-order chi connectivity index (χ1) is 12.5. The predicted octanol–water partition coefficient (Wildman–Crippen LogP) is 1.38. The number of nitrogens with one attached hydrogen (secondary N) is 2. The van der Waals surface area contributed by atoms with Crippen molar-refractivity contribution in [2.45, 2.75) is 57.0 Å². The van der Waals surface area contributed by atoms with Gasteiger partial charge in [-0.2, -0.15) is 0 Å². The van der Waals surface area contributed by atoms with Crippen molar-refractivity contribution in [3.05, 3.63) is 0 Å². The Kier molecular flexibility index (Phi) is 8.15. The fourth-order valence-electron chi connectivity index (χ4n) is 3.90. The molecule has 1 aliphatic carbocycles. The van der Waals surface area contributed by atoms with Gasteiger partial charge < -0.3 is 25.0 Å². The summed E-state index contributed by atoms with van der Waals surface area (Å²) in [6.07, 6.45) is 5.75. The van der Waals surface area contributed by atoms with Crippen LogP contribution in [-0.2, 0) is 14.3 Å². The molecule has 2 fully saturated rings. The molecule has 1 aliphatic heterocycles. The van der Waals surface area contributed by atoms with Crippen molar-refractivity contribution >= 4 is 11.9 Å². The highest BCUT2D eigenvalue weighted by molar-refractivity contribution is 5.80. The lowest BCUT2D eigenvalue weighted by Gasteiger charge is -2.43. The molecule has 2 rings (SSSR count). The molecule has 0 unspecified atom stereocenters. The van der Waals surface area contributed by atoms with Crippen molar-refractivity contribution in [3.8, 4) is 0 Å². The van der Waals surface area contributed by atoms with Gasteiger partial charge in [-0.25, -0.2) is 0 Å². The van der Waals surface area contributed by atoms with E-state index in [9.17, 15) is 4.79 Å². The summed E-state index contributed by atoms with van der Waals surface area (Å²) in [5, 5.41) is 7.04. The minimum atomic E-state index is -0.0408. The van der Waals surface area contributed by atoms with E-state index in [2.05, 4.69) is 34.6 Å². The van der Waals surface area contributed by atoms with Gasteiger partial charge in [-0.05, 0) is 59.5 Å². The number of nitrogens with zero attached hydrogens (tertiary/aromatic N) is 2. The van der Waals surface area contributed by atoms with Crippen LogP contribution in [0, 0.1) is 5.92 Å². The Morgan fingerprint density at radius 2 is 1.88 bits per heavy atom. The zero-order valence-corrected chi connectivity index (χ0v) is 16.8. The van der Waals surface area contributed by atoms with Gasteiger partial charge in [-0.1, -0.05) is 0 Å². The van der Waals surface area contributed by atoms with Crippen molar-refractivity contribution in [2.75, 3.05) is 47.5 Å². The minimum Gasteiger partial charge on any atom is -0.466 e. The summed E-state index contributed by atoms with van der Waals surface area (Å²) >= 11 is 0. The van der Waals surface area contributed by atoms with Crippen molar-refractivity contribution in [3.63, 3.8) is 0 Å². The second kappa shape index (κ2) is 10.1. The Bertz CT molecular complexity index is 467. The minimum absolute atomic E-state index is 0.0408. The molecule has 2 aliphatic rings. The largest absolute Gasteiger partial charge is 0.466 e. The smallest absolute Gasteiger partial charge is 0.308 e. The first-order valence-electron chi connectivity index (χ1n) is 9.89. The van der Waals surface area contributed by atoms with Crippen molar-refractivity contribution in [2.24, 2.45) is 10.9 Å². The number of carbonyl (C=O) groups excluding carboxylic acids is 1. The monoisotopic (exact) mass is 368 g/mol. The van der Waals surface area contributed by atoms with Crippen LogP contribution < -0.4 is 10.6 Å². The molecule has 1 heterocycles. The summed E-state index contributed by atoms with van der Waals surface area (Å²) in [6, 6.07) is 0.358.